The van der Waals surface area contributed by atoms with Gasteiger partial charge in [0.05, 0.1) is 17.2 Å². The molecule has 4 nitrogen and oxygen atoms in total. The van der Waals surface area contributed by atoms with Crippen molar-refractivity contribution in [3.05, 3.63) is 64.7 Å². The van der Waals surface area contributed by atoms with Crippen molar-refractivity contribution in [2.45, 2.75) is 57.5 Å². The third kappa shape index (κ3) is 5.22. The van der Waals surface area contributed by atoms with Gasteiger partial charge in [-0.25, -0.2) is 9.18 Å². The van der Waals surface area contributed by atoms with Crippen LogP contribution >= 0.6 is 0 Å². The number of unbranched alkanes of at least 4 members (excludes halogenated alkanes) is 1. The Kier molecular flexibility index (Phi) is 7.53. The molecule has 0 unspecified atom stereocenters. The minimum Gasteiger partial charge on any atom is -0.420 e. The van der Waals surface area contributed by atoms with Crippen molar-refractivity contribution in [1.29, 1.82) is 5.26 Å². The molecule has 0 spiro atoms. The summed E-state index contributed by atoms with van der Waals surface area (Å²) in [5.41, 5.74) is 0.954. The van der Waals surface area contributed by atoms with Gasteiger partial charge in [0.15, 0.2) is 11.6 Å². The van der Waals surface area contributed by atoms with E-state index < -0.39 is 28.9 Å². The highest BCUT2D eigenvalue weighted by Gasteiger charge is 2.23. The van der Waals surface area contributed by atoms with Gasteiger partial charge in [0.1, 0.15) is 6.07 Å². The molecule has 0 N–H and O–H groups in total. The molecule has 1 aliphatic rings. The first kappa shape index (κ1) is 21.9. The van der Waals surface area contributed by atoms with Crippen LogP contribution in [0.4, 0.5) is 8.78 Å². The normalized spacial score (nSPS) is 18.6. The van der Waals surface area contributed by atoms with E-state index in [4.69, 9.17) is 14.7 Å². The number of ether oxygens (including phenoxy) is 2. The molecule has 0 radical (unpaired) electrons. The summed E-state index contributed by atoms with van der Waals surface area (Å²) in [6.45, 7) is 2.98. The molecular formula is C24H25F2NO3. The Bertz CT molecular complexity index is 913. The van der Waals surface area contributed by atoms with Gasteiger partial charge in [-0.05, 0) is 67.9 Å². The lowest BCUT2D eigenvalue weighted by Gasteiger charge is -2.29. The van der Waals surface area contributed by atoms with E-state index >= 15 is 0 Å². The smallest absolute Gasteiger partial charge is 0.343 e. The Hall–Kier alpha value is -2.78. The highest BCUT2D eigenvalue weighted by atomic mass is 19.2. The van der Waals surface area contributed by atoms with Gasteiger partial charge in [-0.1, -0.05) is 25.5 Å². The highest BCUT2D eigenvalue weighted by Crippen LogP contribution is 2.34. The molecular weight excluding hydrogens is 388 g/mol. The SMILES string of the molecule is CCCCO[C@H]1CC[C@H](c2ccc(C(=O)Oc3ccc(C#N)c(F)c3F)cc2)CC1. The fraction of sp³-hybridized carbons (Fsp3) is 0.417. The zero-order valence-electron chi connectivity index (χ0n) is 17.0. The lowest BCUT2D eigenvalue weighted by atomic mass is 9.82. The summed E-state index contributed by atoms with van der Waals surface area (Å²) >= 11 is 0. The lowest BCUT2D eigenvalue weighted by molar-refractivity contribution is 0.0232. The van der Waals surface area contributed by atoms with Crippen LogP contribution in [0.2, 0.25) is 0 Å². The average molecular weight is 413 g/mol. The number of hydrogen-bond donors (Lipinski definition) is 0. The maximum absolute atomic E-state index is 13.9. The van der Waals surface area contributed by atoms with Crippen molar-refractivity contribution < 1.29 is 23.0 Å². The number of halogens is 2. The van der Waals surface area contributed by atoms with Crippen molar-refractivity contribution in [1.82, 2.24) is 0 Å². The maximum atomic E-state index is 13.9. The molecule has 0 aromatic heterocycles. The van der Waals surface area contributed by atoms with E-state index in [9.17, 15) is 13.6 Å². The van der Waals surface area contributed by atoms with E-state index in [-0.39, 0.29) is 5.56 Å². The Morgan fingerprint density at radius 1 is 1.07 bits per heavy atom. The van der Waals surface area contributed by atoms with E-state index in [0.29, 0.717) is 12.0 Å². The quantitative estimate of drug-likeness (QED) is 0.322. The molecule has 0 saturated heterocycles. The highest BCUT2D eigenvalue weighted by molar-refractivity contribution is 5.91. The molecule has 3 rings (SSSR count). The van der Waals surface area contributed by atoms with E-state index in [2.05, 4.69) is 6.92 Å². The summed E-state index contributed by atoms with van der Waals surface area (Å²) in [7, 11) is 0. The summed E-state index contributed by atoms with van der Waals surface area (Å²) in [5.74, 6) is -3.57. The molecule has 0 bridgehead atoms. The molecule has 0 atom stereocenters. The van der Waals surface area contributed by atoms with E-state index in [1.54, 1.807) is 12.1 Å². The largest absolute Gasteiger partial charge is 0.420 e. The van der Waals surface area contributed by atoms with Crippen LogP contribution in [0.5, 0.6) is 5.75 Å². The van der Waals surface area contributed by atoms with Gasteiger partial charge in [0, 0.05) is 6.61 Å². The fourth-order valence-electron chi connectivity index (χ4n) is 3.70. The van der Waals surface area contributed by atoms with E-state index in [0.717, 1.165) is 62.8 Å². The van der Waals surface area contributed by atoms with Crippen molar-refractivity contribution >= 4 is 5.97 Å². The molecule has 1 fully saturated rings. The van der Waals surface area contributed by atoms with Crippen LogP contribution in [0.25, 0.3) is 0 Å². The zero-order valence-corrected chi connectivity index (χ0v) is 17.0. The summed E-state index contributed by atoms with van der Waals surface area (Å²) in [4.78, 5) is 12.3. The summed E-state index contributed by atoms with van der Waals surface area (Å²) in [6.07, 6.45) is 6.70. The third-order valence-electron chi connectivity index (χ3n) is 5.51. The number of nitrogens with zero attached hydrogens (tertiary/aromatic N) is 1. The van der Waals surface area contributed by atoms with E-state index in [1.165, 1.54) is 6.07 Å². The van der Waals surface area contributed by atoms with Crippen LogP contribution < -0.4 is 4.74 Å². The summed E-state index contributed by atoms with van der Waals surface area (Å²) in [6, 6.07) is 10.7. The Balaban J connectivity index is 1.58. The molecule has 1 saturated carbocycles. The van der Waals surface area contributed by atoms with Crippen LogP contribution in [0.15, 0.2) is 36.4 Å². The fourth-order valence-corrected chi connectivity index (χ4v) is 3.70. The second-order valence-electron chi connectivity index (χ2n) is 7.56. The first-order valence-corrected chi connectivity index (χ1v) is 10.3. The predicted octanol–water partition coefficient (Wildman–Crippen LogP) is 5.90. The van der Waals surface area contributed by atoms with Crippen LogP contribution in [0.1, 0.15) is 72.9 Å². The number of carbonyl (C=O) groups excluding carboxylic acids is 1. The van der Waals surface area contributed by atoms with Crippen LogP contribution in [-0.4, -0.2) is 18.7 Å². The number of hydrogen-bond acceptors (Lipinski definition) is 4. The minimum absolute atomic E-state index is 0.250. The van der Waals surface area contributed by atoms with Crippen molar-refractivity contribution in [2.24, 2.45) is 0 Å². The molecule has 0 heterocycles. The molecule has 2 aromatic rings. The van der Waals surface area contributed by atoms with Gasteiger partial charge in [0.25, 0.3) is 0 Å². The lowest BCUT2D eigenvalue weighted by Crippen LogP contribution is -2.21. The van der Waals surface area contributed by atoms with Gasteiger partial charge in [-0.3, -0.25) is 0 Å². The van der Waals surface area contributed by atoms with E-state index in [1.807, 2.05) is 12.1 Å². The van der Waals surface area contributed by atoms with Gasteiger partial charge < -0.3 is 9.47 Å². The second kappa shape index (κ2) is 10.3. The maximum Gasteiger partial charge on any atom is 0.343 e. The Morgan fingerprint density at radius 3 is 2.40 bits per heavy atom. The first-order chi connectivity index (χ1) is 14.5. The van der Waals surface area contributed by atoms with Crippen molar-refractivity contribution in [3.8, 4) is 11.8 Å². The van der Waals surface area contributed by atoms with Gasteiger partial charge >= 0.3 is 5.97 Å². The second-order valence-corrected chi connectivity index (χ2v) is 7.56. The topological polar surface area (TPSA) is 59.3 Å². The van der Waals surface area contributed by atoms with Crippen molar-refractivity contribution in [3.63, 3.8) is 0 Å². The van der Waals surface area contributed by atoms with Crippen molar-refractivity contribution in [2.75, 3.05) is 6.61 Å². The molecule has 158 valence electrons. The van der Waals surface area contributed by atoms with Gasteiger partial charge in [-0.15, -0.1) is 0 Å². The number of benzene rings is 2. The molecule has 0 amide bonds. The molecule has 2 aromatic carbocycles. The number of esters is 1. The number of rotatable bonds is 7. The van der Waals surface area contributed by atoms with Crippen LogP contribution in [-0.2, 0) is 4.74 Å². The molecule has 1 aliphatic carbocycles. The first-order valence-electron chi connectivity index (χ1n) is 10.3. The average Bonchev–Trinajstić information content (AvgIpc) is 2.78. The summed E-state index contributed by atoms with van der Waals surface area (Å²) < 4.78 is 38.5. The predicted molar refractivity (Wildman–Crippen MR) is 108 cm³/mol. The molecule has 30 heavy (non-hydrogen) atoms. The summed E-state index contributed by atoms with van der Waals surface area (Å²) in [5, 5.41) is 8.72. The number of carbonyl (C=O) groups is 1. The molecule has 6 heteroatoms. The number of nitriles is 1. The Labute approximate surface area is 175 Å². The van der Waals surface area contributed by atoms with Crippen LogP contribution in [0, 0.1) is 23.0 Å². The van der Waals surface area contributed by atoms with Gasteiger partial charge in [0.2, 0.25) is 5.82 Å². The molecule has 0 aliphatic heterocycles. The standard InChI is InChI=1S/C24H25F2NO3/c1-2-3-14-29-20-11-8-17(9-12-20)16-4-6-18(7-5-16)24(28)30-21-13-10-19(15-27)22(25)23(21)26/h4-7,10,13,17,20H,2-3,8-9,11-12,14H2,1H3/t17-,20-. The van der Waals surface area contributed by atoms with Gasteiger partial charge in [-0.2, -0.15) is 9.65 Å². The third-order valence-corrected chi connectivity index (χ3v) is 5.51. The minimum atomic E-state index is -1.35. The Morgan fingerprint density at radius 2 is 1.77 bits per heavy atom. The monoisotopic (exact) mass is 413 g/mol. The van der Waals surface area contributed by atoms with Crippen LogP contribution in [0.3, 0.4) is 0 Å². The zero-order chi connectivity index (χ0) is 21.5.